The molecule has 1 aromatic rings. The number of amides is 1. The summed E-state index contributed by atoms with van der Waals surface area (Å²) >= 11 is 0. The van der Waals surface area contributed by atoms with E-state index >= 15 is 0 Å². The highest BCUT2D eigenvalue weighted by molar-refractivity contribution is 5.85. The summed E-state index contributed by atoms with van der Waals surface area (Å²) in [6.45, 7) is 6.19. The van der Waals surface area contributed by atoms with Gasteiger partial charge in [0.1, 0.15) is 0 Å². The van der Waals surface area contributed by atoms with Gasteiger partial charge in [0.25, 0.3) is 0 Å². The Balaban J connectivity index is 0.00000625. The molecule has 0 aromatic heterocycles. The van der Waals surface area contributed by atoms with Crippen LogP contribution in [-0.2, 0) is 25.7 Å². The minimum absolute atomic E-state index is 0. The molecule has 0 bridgehead atoms. The fourth-order valence-corrected chi connectivity index (χ4v) is 2.23. The van der Waals surface area contributed by atoms with Gasteiger partial charge in [0, 0.05) is 20.0 Å². The van der Waals surface area contributed by atoms with E-state index in [9.17, 15) is 9.59 Å². The number of halogens is 1. The second kappa shape index (κ2) is 13.6. The second-order valence-corrected chi connectivity index (χ2v) is 6.43. The number of esters is 1. The van der Waals surface area contributed by atoms with Gasteiger partial charge in [-0.05, 0) is 18.0 Å². The molecule has 7 heteroatoms. The maximum atomic E-state index is 12.2. The van der Waals surface area contributed by atoms with Gasteiger partial charge < -0.3 is 19.7 Å². The van der Waals surface area contributed by atoms with Crippen molar-refractivity contribution >= 4 is 24.3 Å². The second-order valence-electron chi connectivity index (χ2n) is 6.43. The van der Waals surface area contributed by atoms with E-state index in [-0.39, 0.29) is 24.9 Å². The average molecular weight is 387 g/mol. The summed E-state index contributed by atoms with van der Waals surface area (Å²) < 4.78 is 10.5. The maximum absolute atomic E-state index is 12.2. The lowest BCUT2D eigenvalue weighted by Gasteiger charge is -2.23. The molecule has 0 spiro atoms. The summed E-state index contributed by atoms with van der Waals surface area (Å²) in [7, 11) is 2.99. The van der Waals surface area contributed by atoms with Gasteiger partial charge in [-0.1, -0.05) is 44.2 Å². The van der Waals surface area contributed by atoms with Crippen LogP contribution < -0.4 is 5.32 Å². The van der Waals surface area contributed by atoms with Crippen molar-refractivity contribution in [3.63, 3.8) is 0 Å². The number of nitrogens with one attached hydrogen (secondary N) is 1. The first kappa shape index (κ1) is 24.4. The van der Waals surface area contributed by atoms with E-state index in [1.807, 2.05) is 30.3 Å². The van der Waals surface area contributed by atoms with Crippen LogP contribution in [0.25, 0.3) is 0 Å². The van der Waals surface area contributed by atoms with Crippen LogP contribution in [0.4, 0.5) is 0 Å². The van der Waals surface area contributed by atoms with Crippen molar-refractivity contribution in [3.05, 3.63) is 35.9 Å². The minimum Gasteiger partial charge on any atom is -0.467 e. The molecule has 148 valence electrons. The molecule has 26 heavy (non-hydrogen) atoms. The third-order valence-electron chi connectivity index (χ3n) is 3.69. The highest BCUT2D eigenvalue weighted by atomic mass is 35.5. The molecular formula is C19H31ClN2O4. The highest BCUT2D eigenvalue weighted by Gasteiger charge is 2.24. The first-order valence-corrected chi connectivity index (χ1v) is 8.62. The average Bonchev–Trinajstić information content (AvgIpc) is 2.61. The molecule has 0 radical (unpaired) electrons. The third kappa shape index (κ3) is 9.75. The van der Waals surface area contributed by atoms with Crippen LogP contribution in [0.2, 0.25) is 0 Å². The van der Waals surface area contributed by atoms with Crippen LogP contribution in [0.5, 0.6) is 0 Å². The van der Waals surface area contributed by atoms with Crippen LogP contribution in [0.3, 0.4) is 0 Å². The Morgan fingerprint density at radius 1 is 1.19 bits per heavy atom. The van der Waals surface area contributed by atoms with Crippen LogP contribution in [0.1, 0.15) is 25.8 Å². The molecule has 1 rings (SSSR count). The molecule has 0 aliphatic carbocycles. The molecular weight excluding hydrogens is 356 g/mol. The summed E-state index contributed by atoms with van der Waals surface area (Å²) in [6.07, 6.45) is -0.418. The van der Waals surface area contributed by atoms with Gasteiger partial charge in [0.05, 0.1) is 20.3 Å². The zero-order chi connectivity index (χ0) is 18.7. The topological polar surface area (TPSA) is 67.9 Å². The number of hydrogen-bond donors (Lipinski definition) is 1. The predicted octanol–water partition coefficient (Wildman–Crippen LogP) is 2.26. The molecule has 0 aliphatic heterocycles. The third-order valence-corrected chi connectivity index (χ3v) is 3.69. The Labute approximate surface area is 162 Å². The summed E-state index contributed by atoms with van der Waals surface area (Å²) in [5.74, 6) is 0.0323. The molecule has 0 saturated heterocycles. The molecule has 1 atom stereocenters. The number of nitrogens with zero attached hydrogens (tertiary/aromatic N) is 1. The zero-order valence-electron chi connectivity index (χ0n) is 16.1. The number of benzene rings is 1. The van der Waals surface area contributed by atoms with Crippen molar-refractivity contribution in [1.29, 1.82) is 0 Å². The fraction of sp³-hybridized carbons (Fsp3) is 0.579. The zero-order valence-corrected chi connectivity index (χ0v) is 16.9. The van der Waals surface area contributed by atoms with Gasteiger partial charge in [-0.3, -0.25) is 4.79 Å². The SMILES string of the molecule is COC(=O)C(CN(C)C(=O)CCNCC(C)C)OCc1ccccc1.Cl. The summed E-state index contributed by atoms with van der Waals surface area (Å²) in [4.78, 5) is 25.6. The van der Waals surface area contributed by atoms with E-state index in [0.717, 1.165) is 12.1 Å². The van der Waals surface area contributed by atoms with Gasteiger partial charge in [-0.25, -0.2) is 4.79 Å². The Kier molecular flexibility index (Phi) is 12.7. The molecule has 6 nitrogen and oxygen atoms in total. The van der Waals surface area contributed by atoms with Crippen molar-refractivity contribution in [2.75, 3.05) is 33.8 Å². The van der Waals surface area contributed by atoms with Crippen molar-refractivity contribution in [3.8, 4) is 0 Å². The van der Waals surface area contributed by atoms with E-state index in [1.165, 1.54) is 12.0 Å². The smallest absolute Gasteiger partial charge is 0.336 e. The molecule has 0 saturated carbocycles. The van der Waals surface area contributed by atoms with Crippen molar-refractivity contribution in [2.24, 2.45) is 5.92 Å². The van der Waals surface area contributed by atoms with Crippen molar-refractivity contribution in [1.82, 2.24) is 10.2 Å². The molecule has 1 amide bonds. The van der Waals surface area contributed by atoms with Gasteiger partial charge in [0.15, 0.2) is 6.10 Å². The van der Waals surface area contributed by atoms with Gasteiger partial charge in [-0.15, -0.1) is 12.4 Å². The van der Waals surface area contributed by atoms with E-state index in [0.29, 0.717) is 25.5 Å². The number of carbonyl (C=O) groups is 2. The van der Waals surface area contributed by atoms with E-state index in [4.69, 9.17) is 9.47 Å². The first-order chi connectivity index (χ1) is 11.9. The van der Waals surface area contributed by atoms with E-state index < -0.39 is 12.1 Å². The number of rotatable bonds is 11. The van der Waals surface area contributed by atoms with Gasteiger partial charge in [-0.2, -0.15) is 0 Å². The van der Waals surface area contributed by atoms with Crippen LogP contribution in [0, 0.1) is 5.92 Å². The molecule has 0 aliphatic rings. The Bertz CT molecular complexity index is 526. The molecule has 0 heterocycles. The lowest BCUT2D eigenvalue weighted by Crippen LogP contribution is -2.41. The Morgan fingerprint density at radius 3 is 2.42 bits per heavy atom. The first-order valence-electron chi connectivity index (χ1n) is 8.62. The fourth-order valence-electron chi connectivity index (χ4n) is 2.23. The molecule has 1 aromatic carbocycles. The quantitative estimate of drug-likeness (QED) is 0.466. The van der Waals surface area contributed by atoms with E-state index in [2.05, 4.69) is 19.2 Å². The summed E-state index contributed by atoms with van der Waals surface area (Å²) in [6, 6.07) is 9.57. The lowest BCUT2D eigenvalue weighted by atomic mass is 10.2. The monoisotopic (exact) mass is 386 g/mol. The predicted molar refractivity (Wildman–Crippen MR) is 104 cm³/mol. The summed E-state index contributed by atoms with van der Waals surface area (Å²) in [5, 5.41) is 3.23. The number of methoxy groups -OCH3 is 1. The minimum atomic E-state index is -0.803. The van der Waals surface area contributed by atoms with Crippen LogP contribution in [0.15, 0.2) is 30.3 Å². The van der Waals surface area contributed by atoms with Gasteiger partial charge in [0.2, 0.25) is 5.91 Å². The molecule has 1 unspecified atom stereocenters. The van der Waals surface area contributed by atoms with Crippen molar-refractivity contribution < 1.29 is 19.1 Å². The largest absolute Gasteiger partial charge is 0.467 e. The lowest BCUT2D eigenvalue weighted by molar-refractivity contribution is -0.157. The molecule has 0 fully saturated rings. The van der Waals surface area contributed by atoms with Crippen LogP contribution >= 0.6 is 12.4 Å². The number of hydrogen-bond acceptors (Lipinski definition) is 5. The molecule has 1 N–H and O–H groups in total. The summed E-state index contributed by atoms with van der Waals surface area (Å²) in [5.41, 5.74) is 0.961. The number of ether oxygens (including phenoxy) is 2. The Hall–Kier alpha value is -1.63. The normalized spacial score (nSPS) is 11.6. The van der Waals surface area contributed by atoms with E-state index in [1.54, 1.807) is 7.05 Å². The number of likely N-dealkylation sites (N-methyl/N-ethyl adjacent to an activating group) is 1. The standard InChI is InChI=1S/C19H30N2O4.ClH/c1-15(2)12-20-11-10-18(22)21(3)13-17(19(23)24-4)25-14-16-8-6-5-7-9-16;/h5-9,15,17,20H,10-14H2,1-4H3;1H. The van der Waals surface area contributed by atoms with Gasteiger partial charge >= 0.3 is 5.97 Å². The Morgan fingerprint density at radius 2 is 1.85 bits per heavy atom. The van der Waals surface area contributed by atoms with Crippen molar-refractivity contribution in [2.45, 2.75) is 33.0 Å². The van der Waals surface area contributed by atoms with Crippen LogP contribution in [-0.4, -0.2) is 56.7 Å². The number of carbonyl (C=O) groups excluding carboxylic acids is 2. The highest BCUT2D eigenvalue weighted by Crippen LogP contribution is 2.07. The maximum Gasteiger partial charge on any atom is 0.336 e.